The molecule has 5 heteroatoms. The molecule has 5 nitrogen and oxygen atoms in total. The average Bonchev–Trinajstić information content (AvgIpc) is 3.13. The molecule has 0 saturated carbocycles. The fourth-order valence-corrected chi connectivity index (χ4v) is 4.81. The van der Waals surface area contributed by atoms with E-state index in [2.05, 4.69) is 55.1 Å². The topological polar surface area (TPSA) is 41.4 Å². The Morgan fingerprint density at radius 1 is 0.844 bits per heavy atom. The number of para-hydroxylation sites is 1. The van der Waals surface area contributed by atoms with Gasteiger partial charge in [-0.05, 0) is 42.3 Å². The Morgan fingerprint density at radius 3 is 2.31 bits per heavy atom. The van der Waals surface area contributed by atoms with Crippen molar-refractivity contribution in [1.82, 2.24) is 14.7 Å². The van der Waals surface area contributed by atoms with Crippen LogP contribution in [0, 0.1) is 13.8 Å². The molecule has 32 heavy (non-hydrogen) atoms. The fraction of sp³-hybridized carbons (Fsp3) is 0.259. The van der Waals surface area contributed by atoms with Crippen molar-refractivity contribution in [2.75, 3.05) is 31.1 Å². The molecule has 0 bridgehead atoms. The minimum absolute atomic E-state index is 0.203. The van der Waals surface area contributed by atoms with E-state index < -0.39 is 0 Å². The Bertz CT molecular complexity index is 1250. The van der Waals surface area contributed by atoms with E-state index in [0.29, 0.717) is 6.42 Å². The number of hydrogen-bond donors (Lipinski definition) is 0. The highest BCUT2D eigenvalue weighted by Gasteiger charge is 2.25. The zero-order valence-corrected chi connectivity index (χ0v) is 18.7. The van der Waals surface area contributed by atoms with Crippen LogP contribution >= 0.6 is 0 Å². The number of anilines is 1. The number of aromatic nitrogens is 2. The number of nitrogens with zero attached hydrogens (tertiary/aromatic N) is 4. The van der Waals surface area contributed by atoms with Gasteiger partial charge in [0.2, 0.25) is 5.91 Å². The van der Waals surface area contributed by atoms with Gasteiger partial charge >= 0.3 is 0 Å². The van der Waals surface area contributed by atoms with Crippen LogP contribution in [0.2, 0.25) is 0 Å². The zero-order valence-electron chi connectivity index (χ0n) is 18.7. The van der Waals surface area contributed by atoms with Crippen LogP contribution in [0.3, 0.4) is 0 Å². The molecule has 5 rings (SSSR count). The van der Waals surface area contributed by atoms with Gasteiger partial charge in [0.05, 0.1) is 29.2 Å². The third-order valence-corrected chi connectivity index (χ3v) is 6.42. The van der Waals surface area contributed by atoms with Crippen LogP contribution in [0.25, 0.3) is 16.5 Å². The van der Waals surface area contributed by atoms with E-state index >= 15 is 0 Å². The van der Waals surface area contributed by atoms with Gasteiger partial charge in [0.25, 0.3) is 0 Å². The van der Waals surface area contributed by atoms with Crippen molar-refractivity contribution in [2.45, 2.75) is 20.3 Å². The second-order valence-electron chi connectivity index (χ2n) is 8.45. The number of amides is 1. The summed E-state index contributed by atoms with van der Waals surface area (Å²) in [4.78, 5) is 17.4. The number of aryl methyl sites for hydroxylation is 1. The Hall–Kier alpha value is -3.60. The largest absolute Gasteiger partial charge is 0.365 e. The molecule has 0 aliphatic carbocycles. The van der Waals surface area contributed by atoms with Crippen molar-refractivity contribution in [3.8, 4) is 5.69 Å². The SMILES string of the molecule is Cc1nn(-c2ccccc2)c(C)c1N1CCN(C(=O)Cc2cccc3ccccc23)CC1. The van der Waals surface area contributed by atoms with Gasteiger partial charge in [0, 0.05) is 26.2 Å². The summed E-state index contributed by atoms with van der Waals surface area (Å²) in [6, 6.07) is 24.7. The molecule has 0 spiro atoms. The van der Waals surface area contributed by atoms with Gasteiger partial charge < -0.3 is 9.80 Å². The molecule has 1 aromatic heterocycles. The molecule has 1 fully saturated rings. The lowest BCUT2D eigenvalue weighted by Crippen LogP contribution is -2.49. The van der Waals surface area contributed by atoms with Gasteiger partial charge in [0.15, 0.2) is 0 Å². The van der Waals surface area contributed by atoms with E-state index in [9.17, 15) is 4.79 Å². The molecule has 0 N–H and O–H groups in total. The van der Waals surface area contributed by atoms with Crippen molar-refractivity contribution in [2.24, 2.45) is 0 Å². The molecule has 0 radical (unpaired) electrons. The summed E-state index contributed by atoms with van der Waals surface area (Å²) in [5.41, 5.74) is 5.54. The van der Waals surface area contributed by atoms with Crippen molar-refractivity contribution in [1.29, 1.82) is 0 Å². The molecule has 1 aliphatic heterocycles. The van der Waals surface area contributed by atoms with E-state index in [1.807, 2.05) is 46.0 Å². The number of rotatable bonds is 4. The summed E-state index contributed by atoms with van der Waals surface area (Å²) in [6.45, 7) is 7.31. The molecular formula is C27H28N4O. The van der Waals surface area contributed by atoms with Gasteiger partial charge in [-0.15, -0.1) is 0 Å². The maximum absolute atomic E-state index is 13.1. The Morgan fingerprint density at radius 2 is 1.53 bits per heavy atom. The molecule has 162 valence electrons. The van der Waals surface area contributed by atoms with Crippen LogP contribution in [-0.2, 0) is 11.2 Å². The summed E-state index contributed by atoms with van der Waals surface area (Å²) in [5.74, 6) is 0.203. The summed E-state index contributed by atoms with van der Waals surface area (Å²) in [5, 5.41) is 7.14. The minimum Gasteiger partial charge on any atom is -0.365 e. The maximum Gasteiger partial charge on any atom is 0.227 e. The van der Waals surface area contributed by atoms with Crippen molar-refractivity contribution in [3.05, 3.63) is 89.7 Å². The monoisotopic (exact) mass is 424 g/mol. The number of carbonyl (C=O) groups excluding carboxylic acids is 1. The zero-order chi connectivity index (χ0) is 22.1. The average molecular weight is 425 g/mol. The lowest BCUT2D eigenvalue weighted by atomic mass is 10.0. The molecule has 1 aliphatic rings. The third-order valence-electron chi connectivity index (χ3n) is 6.42. The Kier molecular flexibility index (Phi) is 5.39. The number of hydrogen-bond acceptors (Lipinski definition) is 3. The third kappa shape index (κ3) is 3.75. The van der Waals surface area contributed by atoms with Gasteiger partial charge in [0.1, 0.15) is 0 Å². The van der Waals surface area contributed by atoms with Crippen LogP contribution in [0.1, 0.15) is 17.0 Å². The Labute approximate surface area is 188 Å². The smallest absolute Gasteiger partial charge is 0.227 e. The molecule has 4 aromatic rings. The maximum atomic E-state index is 13.1. The summed E-state index contributed by atoms with van der Waals surface area (Å²) in [7, 11) is 0. The van der Waals surface area contributed by atoms with Crippen LogP contribution in [0.15, 0.2) is 72.8 Å². The standard InChI is InChI=1S/C27H28N4O/c1-20-27(21(2)31(28-20)24-12-4-3-5-13-24)30-17-15-29(16-18-30)26(32)19-23-11-8-10-22-9-6-7-14-25(22)23/h3-14H,15-19H2,1-2H3. The number of carbonyl (C=O) groups is 1. The van der Waals surface area contributed by atoms with Crippen molar-refractivity contribution in [3.63, 3.8) is 0 Å². The van der Waals surface area contributed by atoms with Gasteiger partial charge in [-0.2, -0.15) is 5.10 Å². The summed E-state index contributed by atoms with van der Waals surface area (Å²) < 4.78 is 2.02. The van der Waals surface area contributed by atoms with Gasteiger partial charge in [-0.1, -0.05) is 60.7 Å². The van der Waals surface area contributed by atoms with Gasteiger partial charge in [-0.3, -0.25) is 4.79 Å². The first kappa shape index (κ1) is 20.3. The fourth-order valence-electron chi connectivity index (χ4n) is 4.81. The lowest BCUT2D eigenvalue weighted by Gasteiger charge is -2.36. The highest BCUT2D eigenvalue weighted by atomic mass is 16.2. The predicted octanol–water partition coefficient (Wildman–Crippen LogP) is 4.53. The predicted molar refractivity (Wildman–Crippen MR) is 129 cm³/mol. The highest BCUT2D eigenvalue weighted by molar-refractivity contribution is 5.90. The van der Waals surface area contributed by atoms with Crippen LogP contribution in [0.4, 0.5) is 5.69 Å². The molecule has 0 unspecified atom stereocenters. The van der Waals surface area contributed by atoms with Crippen LogP contribution < -0.4 is 4.90 Å². The van der Waals surface area contributed by atoms with Gasteiger partial charge in [-0.25, -0.2) is 4.68 Å². The van der Waals surface area contributed by atoms with E-state index in [0.717, 1.165) is 48.8 Å². The Balaban J connectivity index is 1.28. The first-order chi connectivity index (χ1) is 15.6. The second kappa shape index (κ2) is 8.50. The van der Waals surface area contributed by atoms with E-state index in [1.54, 1.807) is 0 Å². The van der Waals surface area contributed by atoms with E-state index in [1.165, 1.54) is 16.5 Å². The molecule has 1 amide bonds. The van der Waals surface area contributed by atoms with E-state index in [4.69, 9.17) is 5.10 Å². The van der Waals surface area contributed by atoms with Crippen molar-refractivity contribution < 1.29 is 4.79 Å². The molecule has 0 atom stereocenters. The van der Waals surface area contributed by atoms with Crippen LogP contribution in [-0.4, -0.2) is 46.8 Å². The highest BCUT2D eigenvalue weighted by Crippen LogP contribution is 2.28. The number of piperazine rings is 1. The van der Waals surface area contributed by atoms with Crippen LogP contribution in [0.5, 0.6) is 0 Å². The molecule has 2 heterocycles. The first-order valence-electron chi connectivity index (χ1n) is 11.2. The number of fused-ring (bicyclic) bond motifs is 1. The second-order valence-corrected chi connectivity index (χ2v) is 8.45. The van der Waals surface area contributed by atoms with E-state index in [-0.39, 0.29) is 5.91 Å². The summed E-state index contributed by atoms with van der Waals surface area (Å²) >= 11 is 0. The number of benzene rings is 3. The van der Waals surface area contributed by atoms with Crippen molar-refractivity contribution >= 4 is 22.4 Å². The molecular weight excluding hydrogens is 396 g/mol. The molecule has 1 saturated heterocycles. The minimum atomic E-state index is 0.203. The quantitative estimate of drug-likeness (QED) is 0.483. The summed E-state index contributed by atoms with van der Waals surface area (Å²) in [6.07, 6.45) is 0.450. The molecule has 3 aromatic carbocycles. The normalized spacial score (nSPS) is 14.2. The first-order valence-corrected chi connectivity index (χ1v) is 11.2. The lowest BCUT2D eigenvalue weighted by molar-refractivity contribution is -0.130.